The molecule has 0 amide bonds. The van der Waals surface area contributed by atoms with Gasteiger partial charge in [0.2, 0.25) is 0 Å². The minimum Gasteiger partial charge on any atom is -0.426 e. The first-order chi connectivity index (χ1) is 16.8. The molecule has 0 radical (unpaired) electrons. The number of nitrogens with one attached hydrogen (secondary N) is 2. The fourth-order valence-electron chi connectivity index (χ4n) is 3.58. The van der Waals surface area contributed by atoms with Crippen molar-refractivity contribution in [1.82, 2.24) is 0 Å². The van der Waals surface area contributed by atoms with Crippen LogP contribution in [0.1, 0.15) is 49.3 Å². The number of nitrogens with two attached hydrogens (primary N) is 1. The van der Waals surface area contributed by atoms with Gasteiger partial charge in [-0.3, -0.25) is 9.52 Å². The van der Waals surface area contributed by atoms with Gasteiger partial charge in [0.25, 0.3) is 10.0 Å². The zero-order chi connectivity index (χ0) is 25.3. The van der Waals surface area contributed by atoms with E-state index in [1.807, 2.05) is 24.3 Å². The van der Waals surface area contributed by atoms with Crippen LogP contribution in [0.5, 0.6) is 5.75 Å². The van der Waals surface area contributed by atoms with Gasteiger partial charge >= 0.3 is 5.97 Å². The first-order valence-electron chi connectivity index (χ1n) is 11.6. The number of rotatable bonds is 12. The predicted molar refractivity (Wildman–Crippen MR) is 138 cm³/mol. The van der Waals surface area contributed by atoms with Crippen molar-refractivity contribution in [3.63, 3.8) is 0 Å². The third-order valence-electron chi connectivity index (χ3n) is 5.46. The van der Waals surface area contributed by atoms with Crippen LogP contribution in [0.2, 0.25) is 0 Å². The summed E-state index contributed by atoms with van der Waals surface area (Å²) in [5, 5.41) is 8.03. The Morgan fingerprint density at radius 1 is 1.00 bits per heavy atom. The second kappa shape index (κ2) is 12.3. The SMILES string of the molecule is CCCC(=N)c1ccc(CCCC(=O)Oc2ccc(S(=O)(=O)Nc3ccccc3)cc2CN)cc1. The molecule has 0 aliphatic rings. The number of carbonyl (C=O) groups excluding carboxylic acids is 1. The molecule has 3 aromatic rings. The van der Waals surface area contributed by atoms with Gasteiger partial charge < -0.3 is 15.9 Å². The molecule has 35 heavy (non-hydrogen) atoms. The van der Waals surface area contributed by atoms with Crippen molar-refractivity contribution in [2.45, 2.75) is 50.5 Å². The maximum absolute atomic E-state index is 12.7. The maximum Gasteiger partial charge on any atom is 0.311 e. The van der Waals surface area contributed by atoms with Crippen LogP contribution < -0.4 is 15.2 Å². The molecule has 0 atom stereocenters. The van der Waals surface area contributed by atoms with Gasteiger partial charge in [-0.15, -0.1) is 0 Å². The lowest BCUT2D eigenvalue weighted by molar-refractivity contribution is -0.134. The molecule has 0 bridgehead atoms. The maximum atomic E-state index is 12.7. The molecule has 0 spiro atoms. The van der Waals surface area contributed by atoms with Gasteiger partial charge in [-0.05, 0) is 60.7 Å². The summed E-state index contributed by atoms with van der Waals surface area (Å²) in [5.74, 6) is -0.144. The van der Waals surface area contributed by atoms with Gasteiger partial charge in [0, 0.05) is 29.9 Å². The monoisotopic (exact) mass is 493 g/mol. The Hall–Kier alpha value is -3.49. The number of para-hydroxylation sites is 1. The number of sulfonamides is 1. The molecule has 7 nitrogen and oxygen atoms in total. The van der Waals surface area contributed by atoms with Crippen molar-refractivity contribution in [3.05, 3.63) is 89.5 Å². The topological polar surface area (TPSA) is 122 Å². The van der Waals surface area contributed by atoms with Crippen molar-refractivity contribution in [3.8, 4) is 5.75 Å². The molecule has 4 N–H and O–H groups in total. The normalized spacial score (nSPS) is 11.1. The highest BCUT2D eigenvalue weighted by atomic mass is 32.2. The smallest absolute Gasteiger partial charge is 0.311 e. The van der Waals surface area contributed by atoms with Gasteiger partial charge in [0.05, 0.1) is 4.90 Å². The zero-order valence-corrected chi connectivity index (χ0v) is 20.6. The largest absolute Gasteiger partial charge is 0.426 e. The van der Waals surface area contributed by atoms with E-state index in [1.165, 1.54) is 18.2 Å². The van der Waals surface area contributed by atoms with E-state index in [1.54, 1.807) is 30.3 Å². The second-order valence-corrected chi connectivity index (χ2v) is 9.88. The highest BCUT2D eigenvalue weighted by Crippen LogP contribution is 2.25. The van der Waals surface area contributed by atoms with E-state index in [0.717, 1.165) is 24.0 Å². The average molecular weight is 494 g/mol. The van der Waals surface area contributed by atoms with E-state index < -0.39 is 16.0 Å². The average Bonchev–Trinajstić information content (AvgIpc) is 2.85. The number of esters is 1. The second-order valence-electron chi connectivity index (χ2n) is 8.20. The number of hydrogen-bond acceptors (Lipinski definition) is 6. The molecular formula is C27H31N3O4S. The molecule has 0 unspecified atom stereocenters. The molecule has 0 fully saturated rings. The number of aryl methyl sites for hydroxylation is 1. The highest BCUT2D eigenvalue weighted by Gasteiger charge is 2.18. The molecule has 0 saturated carbocycles. The van der Waals surface area contributed by atoms with Crippen LogP contribution in [0.15, 0.2) is 77.7 Å². The van der Waals surface area contributed by atoms with Gasteiger partial charge in [-0.25, -0.2) is 8.42 Å². The summed E-state index contributed by atoms with van der Waals surface area (Å²) in [5.41, 5.74) is 9.33. The Bertz CT molecular complexity index is 1260. The molecule has 184 valence electrons. The van der Waals surface area contributed by atoms with Crippen LogP contribution in [0, 0.1) is 5.41 Å². The fourth-order valence-corrected chi connectivity index (χ4v) is 4.69. The highest BCUT2D eigenvalue weighted by molar-refractivity contribution is 7.92. The van der Waals surface area contributed by atoms with E-state index in [4.69, 9.17) is 15.9 Å². The number of ether oxygens (including phenoxy) is 1. The number of carbonyl (C=O) groups is 1. The third kappa shape index (κ3) is 7.50. The standard InChI is InChI=1S/C27H31N3O4S/c1-2-7-25(29)21-14-12-20(13-15-21)8-6-11-27(31)34-26-17-16-24(18-22(26)19-28)35(32,33)30-23-9-4-3-5-10-23/h3-5,9-10,12-18,29-30H,2,6-8,11,19,28H2,1H3. The predicted octanol–water partition coefficient (Wildman–Crippen LogP) is 5.04. The summed E-state index contributed by atoms with van der Waals surface area (Å²) in [6.07, 6.45) is 3.23. The van der Waals surface area contributed by atoms with Gasteiger partial charge in [0.15, 0.2) is 0 Å². The Labute approximate surface area is 206 Å². The summed E-state index contributed by atoms with van der Waals surface area (Å²) in [6.45, 7) is 2.08. The minimum absolute atomic E-state index is 0.0245. The summed E-state index contributed by atoms with van der Waals surface area (Å²) < 4.78 is 33.4. The molecular weight excluding hydrogens is 462 g/mol. The Morgan fingerprint density at radius 2 is 1.71 bits per heavy atom. The fraction of sp³-hybridized carbons (Fsp3) is 0.259. The molecule has 8 heteroatoms. The number of anilines is 1. The summed E-state index contributed by atoms with van der Waals surface area (Å²) >= 11 is 0. The van der Waals surface area contributed by atoms with Crippen LogP contribution in [0.25, 0.3) is 0 Å². The number of benzene rings is 3. The molecule has 0 heterocycles. The van der Waals surface area contributed by atoms with E-state index in [-0.39, 0.29) is 23.6 Å². The molecule has 0 aliphatic carbocycles. The first kappa shape index (κ1) is 26.1. The lowest BCUT2D eigenvalue weighted by Gasteiger charge is -2.12. The summed E-state index contributed by atoms with van der Waals surface area (Å²) in [7, 11) is -3.81. The van der Waals surface area contributed by atoms with Crippen LogP contribution in [-0.4, -0.2) is 20.1 Å². The molecule has 0 aromatic heterocycles. The quantitative estimate of drug-likeness (QED) is 0.185. The van der Waals surface area contributed by atoms with Crippen LogP contribution in [0.3, 0.4) is 0 Å². The van der Waals surface area contributed by atoms with Crippen molar-refractivity contribution in [2.24, 2.45) is 5.73 Å². The lowest BCUT2D eigenvalue weighted by atomic mass is 10.0. The minimum atomic E-state index is -3.81. The number of hydrogen-bond donors (Lipinski definition) is 3. The summed E-state index contributed by atoms with van der Waals surface area (Å²) in [4.78, 5) is 12.4. The Balaban J connectivity index is 1.56. The van der Waals surface area contributed by atoms with E-state index in [9.17, 15) is 13.2 Å². The van der Waals surface area contributed by atoms with Crippen LogP contribution in [-0.2, 0) is 27.8 Å². The van der Waals surface area contributed by atoms with Crippen molar-refractivity contribution in [2.75, 3.05) is 4.72 Å². The molecule has 3 rings (SSSR count). The Kier molecular flexibility index (Phi) is 9.17. The molecule has 0 saturated heterocycles. The van der Waals surface area contributed by atoms with E-state index >= 15 is 0 Å². The van der Waals surface area contributed by atoms with Gasteiger partial charge in [0.1, 0.15) is 5.75 Å². The summed E-state index contributed by atoms with van der Waals surface area (Å²) in [6, 6.07) is 20.7. The van der Waals surface area contributed by atoms with Gasteiger partial charge in [-0.1, -0.05) is 55.8 Å². The first-order valence-corrected chi connectivity index (χ1v) is 13.1. The van der Waals surface area contributed by atoms with Crippen LogP contribution in [0.4, 0.5) is 5.69 Å². The van der Waals surface area contributed by atoms with Crippen molar-refractivity contribution in [1.29, 1.82) is 5.41 Å². The van der Waals surface area contributed by atoms with Crippen molar-refractivity contribution < 1.29 is 17.9 Å². The zero-order valence-electron chi connectivity index (χ0n) is 19.8. The van der Waals surface area contributed by atoms with Gasteiger partial charge in [-0.2, -0.15) is 0 Å². The third-order valence-corrected chi connectivity index (χ3v) is 6.84. The molecule has 3 aromatic carbocycles. The Morgan fingerprint density at radius 3 is 2.37 bits per heavy atom. The van der Waals surface area contributed by atoms with E-state index in [0.29, 0.717) is 29.8 Å². The molecule has 0 aliphatic heterocycles. The lowest BCUT2D eigenvalue weighted by Crippen LogP contribution is -2.15. The van der Waals surface area contributed by atoms with Crippen LogP contribution >= 0.6 is 0 Å². The van der Waals surface area contributed by atoms with E-state index in [2.05, 4.69) is 11.6 Å². The van der Waals surface area contributed by atoms with Crippen molar-refractivity contribution >= 4 is 27.4 Å².